The molecule has 21 heteroatoms. The molecule has 0 aliphatic heterocycles. The van der Waals surface area contributed by atoms with E-state index in [0.29, 0.717) is 96.6 Å². The summed E-state index contributed by atoms with van der Waals surface area (Å²) in [4.78, 5) is 57.3. The Morgan fingerprint density at radius 1 is 0.514 bits per heavy atom. The van der Waals surface area contributed by atoms with Crippen LogP contribution in [0.1, 0.15) is 33.0 Å². The molecule has 70 heavy (non-hydrogen) atoms. The van der Waals surface area contributed by atoms with Gasteiger partial charge < -0.3 is 36.0 Å². The quantitative estimate of drug-likeness (QED) is 0.0509. The summed E-state index contributed by atoms with van der Waals surface area (Å²) < 4.78 is 5.50. The Bertz CT molecular complexity index is 3230. The second-order valence-electron chi connectivity index (χ2n) is 15.4. The number of nitrogens with one attached hydrogen (secondary N) is 8. The van der Waals surface area contributed by atoms with Gasteiger partial charge in [0.25, 0.3) is 17.7 Å². The van der Waals surface area contributed by atoms with E-state index in [0.717, 1.165) is 16.3 Å². The van der Waals surface area contributed by atoms with Crippen LogP contribution in [-0.4, -0.2) is 81.5 Å². The minimum atomic E-state index is -0.387. The van der Waals surface area contributed by atoms with Crippen molar-refractivity contribution in [2.75, 3.05) is 27.9 Å². The van der Waals surface area contributed by atoms with Crippen molar-refractivity contribution in [3.05, 3.63) is 173 Å². The molecule has 0 fully saturated rings. The van der Waals surface area contributed by atoms with Crippen molar-refractivity contribution in [1.29, 1.82) is 0 Å². The van der Waals surface area contributed by atoms with Crippen LogP contribution in [0, 0.1) is 0 Å². The van der Waals surface area contributed by atoms with Gasteiger partial charge in [-0.2, -0.15) is 0 Å². The predicted molar refractivity (Wildman–Crippen MR) is 266 cm³/mol. The molecule has 0 atom stereocenters. The summed E-state index contributed by atoms with van der Waals surface area (Å²) in [5.74, 6) is 0.159. The number of H-pyrrole nitrogens is 4. The number of hydrogen-bond acceptors (Lipinski definition) is 11. The molecule has 0 aliphatic carbocycles. The number of halogens is 2. The van der Waals surface area contributed by atoms with Crippen LogP contribution < -0.4 is 26.0 Å². The van der Waals surface area contributed by atoms with Crippen LogP contribution in [0.5, 0.6) is 5.75 Å². The fraction of sp³-hybridized carbons (Fsp3) is 0.0612. The number of aryl methyl sites for hydroxylation is 1. The smallest absolute Gasteiger partial charge is 0.272 e. The maximum absolute atomic E-state index is 13.1. The lowest BCUT2D eigenvalue weighted by molar-refractivity contribution is -0.118. The maximum Gasteiger partial charge on any atom is 0.272 e. The molecular formula is C49H38Cl2N14O5. The van der Waals surface area contributed by atoms with Gasteiger partial charge >= 0.3 is 0 Å². The van der Waals surface area contributed by atoms with Crippen LogP contribution in [0.3, 0.4) is 0 Å². The molecule has 0 saturated carbocycles. The lowest BCUT2D eigenvalue weighted by Crippen LogP contribution is -2.20. The number of fused-ring (bicyclic) bond motifs is 2. The molecule has 0 radical (unpaired) electrons. The standard InChI is InChI=1S/C25H20ClN7O2.C24H18ClN7O3/c26-17-10-11-19(18(14-17)24-30-32-33-31-24)29-25(35)21-13-16-7-4-8-20(23(16)28-21)27-22(34)12-9-15-5-2-1-3-6-15;25-15-9-10-18(17(12-15)23-29-31-32-30-23)28-24(34)20-11-14-5-4-8-19(22(14)27-20)26-21(33)13-35-16-6-2-1-3-7-16/h1-8,10-11,13-14,28H,9,12H2,(H,27,34)(H,29,35)(H,30,31,32,33);1-12,27H,13H2,(H,26,33)(H,28,34)(H,29,30,31,32). The van der Waals surface area contributed by atoms with E-state index in [-0.39, 0.29) is 30.2 Å². The van der Waals surface area contributed by atoms with E-state index in [4.69, 9.17) is 27.9 Å². The summed E-state index contributed by atoms with van der Waals surface area (Å²) >= 11 is 12.2. The van der Waals surface area contributed by atoms with E-state index in [1.54, 1.807) is 78.9 Å². The van der Waals surface area contributed by atoms with Gasteiger partial charge in [-0.05, 0) is 106 Å². The summed E-state index contributed by atoms with van der Waals surface area (Å²) in [6.07, 6.45) is 0.995. The van der Waals surface area contributed by atoms with Gasteiger partial charge in [-0.25, -0.2) is 10.2 Å². The molecule has 10 rings (SSSR count). The first kappa shape index (κ1) is 45.9. The van der Waals surface area contributed by atoms with Gasteiger partial charge in [0.2, 0.25) is 5.91 Å². The Balaban J connectivity index is 0.000000174. The van der Waals surface area contributed by atoms with E-state index < -0.39 is 0 Å². The Morgan fingerprint density at radius 2 is 1.01 bits per heavy atom. The molecule has 348 valence electrons. The maximum atomic E-state index is 13.1. The summed E-state index contributed by atoms with van der Waals surface area (Å²) in [6, 6.07) is 43.2. The molecule has 0 bridgehead atoms. The number of tetrazole rings is 2. The third-order valence-electron chi connectivity index (χ3n) is 10.6. The fourth-order valence-electron chi connectivity index (χ4n) is 7.30. The van der Waals surface area contributed by atoms with Gasteiger partial charge in [-0.15, -0.1) is 10.2 Å². The van der Waals surface area contributed by atoms with Crippen LogP contribution in [0.25, 0.3) is 44.6 Å². The molecular weight excluding hydrogens is 936 g/mol. The monoisotopic (exact) mass is 972 g/mol. The molecule has 19 nitrogen and oxygen atoms in total. The summed E-state index contributed by atoms with van der Waals surface area (Å²) in [6.45, 7) is -0.149. The molecule has 6 aromatic carbocycles. The molecule has 4 aromatic heterocycles. The number of amides is 4. The number of hydrogen-bond donors (Lipinski definition) is 8. The van der Waals surface area contributed by atoms with E-state index in [1.807, 2.05) is 66.7 Å². The topological polar surface area (TPSA) is 266 Å². The summed E-state index contributed by atoms with van der Waals surface area (Å²) in [5.41, 5.74) is 6.22. The molecule has 0 saturated heterocycles. The van der Waals surface area contributed by atoms with Gasteiger partial charge in [0.05, 0.1) is 33.8 Å². The van der Waals surface area contributed by atoms with E-state index >= 15 is 0 Å². The third-order valence-corrected chi connectivity index (χ3v) is 11.1. The van der Waals surface area contributed by atoms with Crippen molar-refractivity contribution >= 4 is 91.4 Å². The SMILES string of the molecule is O=C(CCc1ccccc1)Nc1cccc2cc(C(=O)Nc3ccc(Cl)cc3-c3nnn[nH]3)[nH]c12.O=C(COc1ccccc1)Nc1cccc2cc(C(=O)Nc3ccc(Cl)cc3-c3nnn[nH]3)[nH]c12. The number of benzene rings is 6. The Kier molecular flexibility index (Phi) is 13.9. The van der Waals surface area contributed by atoms with Crippen molar-refractivity contribution in [3.8, 4) is 28.5 Å². The molecule has 10 aromatic rings. The van der Waals surface area contributed by atoms with Crippen molar-refractivity contribution < 1.29 is 23.9 Å². The number of rotatable bonds is 14. The zero-order valence-corrected chi connectivity index (χ0v) is 38.0. The number of anilines is 4. The second-order valence-corrected chi connectivity index (χ2v) is 16.2. The molecule has 0 unspecified atom stereocenters. The highest BCUT2D eigenvalue weighted by molar-refractivity contribution is 6.31. The van der Waals surface area contributed by atoms with Crippen LogP contribution >= 0.6 is 23.2 Å². The zero-order chi connectivity index (χ0) is 48.4. The Labute approximate surface area is 406 Å². The van der Waals surface area contributed by atoms with Gasteiger partial charge in [0.1, 0.15) is 17.1 Å². The third kappa shape index (κ3) is 11.1. The van der Waals surface area contributed by atoms with Crippen LogP contribution in [0.2, 0.25) is 10.0 Å². The molecule has 8 N–H and O–H groups in total. The average Bonchev–Trinajstić information content (AvgIpc) is 4.23. The Morgan fingerprint density at radius 3 is 1.51 bits per heavy atom. The van der Waals surface area contributed by atoms with Gasteiger partial charge in [0.15, 0.2) is 18.3 Å². The zero-order valence-electron chi connectivity index (χ0n) is 36.5. The van der Waals surface area contributed by atoms with Crippen molar-refractivity contribution in [3.63, 3.8) is 0 Å². The minimum Gasteiger partial charge on any atom is -0.484 e. The van der Waals surface area contributed by atoms with Crippen LogP contribution in [0.4, 0.5) is 22.7 Å². The largest absolute Gasteiger partial charge is 0.484 e. The number of carbonyl (C=O) groups excluding carboxylic acids is 4. The number of aromatic amines is 4. The van der Waals surface area contributed by atoms with Gasteiger partial charge in [-0.3, -0.25) is 19.2 Å². The molecule has 4 amide bonds. The highest BCUT2D eigenvalue weighted by atomic mass is 35.5. The molecule has 0 aliphatic rings. The highest BCUT2D eigenvalue weighted by Gasteiger charge is 2.19. The first-order chi connectivity index (χ1) is 34.1. The van der Waals surface area contributed by atoms with E-state index in [1.165, 1.54) is 0 Å². The number of para-hydroxylation sites is 3. The number of aromatic nitrogens is 10. The molecule has 4 heterocycles. The van der Waals surface area contributed by atoms with Crippen LogP contribution in [-0.2, 0) is 16.0 Å². The fourth-order valence-corrected chi connectivity index (χ4v) is 7.65. The van der Waals surface area contributed by atoms with Crippen molar-refractivity contribution in [1.82, 2.24) is 51.2 Å². The molecule has 0 spiro atoms. The van der Waals surface area contributed by atoms with Crippen LogP contribution in [0.15, 0.2) is 146 Å². The summed E-state index contributed by atoms with van der Waals surface area (Å²) in [7, 11) is 0. The predicted octanol–water partition coefficient (Wildman–Crippen LogP) is 9.10. The van der Waals surface area contributed by atoms with Gasteiger partial charge in [-0.1, -0.05) is 96.0 Å². The van der Waals surface area contributed by atoms with E-state index in [2.05, 4.69) is 72.5 Å². The summed E-state index contributed by atoms with van der Waals surface area (Å²) in [5, 5.41) is 41.4. The lowest BCUT2D eigenvalue weighted by Gasteiger charge is -2.09. The Hall–Kier alpha value is -9.20. The van der Waals surface area contributed by atoms with Crippen molar-refractivity contribution in [2.45, 2.75) is 12.8 Å². The lowest BCUT2D eigenvalue weighted by atomic mass is 10.1. The van der Waals surface area contributed by atoms with E-state index in [9.17, 15) is 19.2 Å². The number of carbonyl (C=O) groups is 4. The average molecular weight is 974 g/mol. The van der Waals surface area contributed by atoms with Gasteiger partial charge in [0, 0.05) is 38.4 Å². The first-order valence-corrected chi connectivity index (χ1v) is 22.1. The van der Waals surface area contributed by atoms with Crippen molar-refractivity contribution in [2.24, 2.45) is 0 Å². The number of ether oxygens (including phenoxy) is 1. The second kappa shape index (κ2) is 21.2. The first-order valence-electron chi connectivity index (χ1n) is 21.4. The highest BCUT2D eigenvalue weighted by Crippen LogP contribution is 2.32. The number of nitrogens with zero attached hydrogens (tertiary/aromatic N) is 6. The minimum absolute atomic E-state index is 0.103. The normalized spacial score (nSPS) is 10.8.